The molecule has 0 aromatic rings. The Bertz CT molecular complexity index is 127. The van der Waals surface area contributed by atoms with Crippen LogP contribution >= 0.6 is 0 Å². The summed E-state index contributed by atoms with van der Waals surface area (Å²) in [4.78, 5) is 2.17. The van der Waals surface area contributed by atoms with Crippen molar-refractivity contribution in [3.8, 4) is 0 Å². The highest BCUT2D eigenvalue weighted by atomic mass is 16.5. The number of nitrogens with one attached hydrogen (secondary N) is 1. The van der Waals surface area contributed by atoms with E-state index in [4.69, 9.17) is 4.74 Å². The van der Waals surface area contributed by atoms with E-state index >= 15 is 0 Å². The minimum absolute atomic E-state index is 0.374. The Morgan fingerprint density at radius 1 is 1.58 bits per heavy atom. The number of nitrogens with zero attached hydrogens (tertiary/aromatic N) is 2. The number of likely N-dealkylation sites (N-methyl/N-ethyl adjacent to an activating group) is 1. The van der Waals surface area contributed by atoms with Gasteiger partial charge in [-0.25, -0.2) is 5.01 Å². The lowest BCUT2D eigenvalue weighted by Gasteiger charge is -2.39. The second-order valence-corrected chi connectivity index (χ2v) is 3.22. The van der Waals surface area contributed by atoms with Gasteiger partial charge in [-0.1, -0.05) is 6.92 Å². The normalized spacial score (nSPS) is 26.5. The zero-order valence-corrected chi connectivity index (χ0v) is 8.21. The van der Waals surface area contributed by atoms with Gasteiger partial charge in [-0.2, -0.15) is 0 Å². The first-order valence-electron chi connectivity index (χ1n) is 4.50. The highest BCUT2D eigenvalue weighted by Crippen LogP contribution is 2.05. The van der Waals surface area contributed by atoms with E-state index in [1.54, 1.807) is 0 Å². The Morgan fingerprint density at radius 3 is 2.92 bits per heavy atom. The van der Waals surface area contributed by atoms with Crippen molar-refractivity contribution in [1.29, 1.82) is 0 Å². The highest BCUT2D eigenvalue weighted by molar-refractivity contribution is 4.69. The lowest BCUT2D eigenvalue weighted by molar-refractivity contribution is -0.0840. The van der Waals surface area contributed by atoms with Crippen molar-refractivity contribution in [2.75, 3.05) is 40.4 Å². The molecule has 1 saturated heterocycles. The Kier molecular flexibility index (Phi) is 3.94. The smallest absolute Gasteiger partial charge is 0.0990 e. The monoisotopic (exact) mass is 173 g/mol. The van der Waals surface area contributed by atoms with Gasteiger partial charge in [0.05, 0.1) is 19.4 Å². The van der Waals surface area contributed by atoms with Crippen LogP contribution in [0.5, 0.6) is 0 Å². The fourth-order valence-electron chi connectivity index (χ4n) is 1.41. The van der Waals surface area contributed by atoms with Crippen LogP contribution in [0.4, 0.5) is 0 Å². The predicted molar refractivity (Wildman–Crippen MR) is 48.7 cm³/mol. The van der Waals surface area contributed by atoms with Crippen LogP contribution < -0.4 is 5.43 Å². The molecule has 1 rings (SSSR count). The third kappa shape index (κ3) is 2.42. The molecular formula is C8H19N3O. The van der Waals surface area contributed by atoms with E-state index in [2.05, 4.69) is 36.4 Å². The van der Waals surface area contributed by atoms with Gasteiger partial charge in [0.25, 0.3) is 0 Å². The second-order valence-electron chi connectivity index (χ2n) is 3.22. The van der Waals surface area contributed by atoms with Crippen LogP contribution in [0.25, 0.3) is 0 Å². The molecule has 0 aromatic carbocycles. The quantitative estimate of drug-likeness (QED) is 0.636. The number of hydrogen-bond acceptors (Lipinski definition) is 4. The molecule has 1 fully saturated rings. The summed E-state index contributed by atoms with van der Waals surface area (Å²) in [5.41, 5.74) is 3.33. The Morgan fingerprint density at radius 2 is 2.33 bits per heavy atom. The fourth-order valence-corrected chi connectivity index (χ4v) is 1.41. The van der Waals surface area contributed by atoms with Gasteiger partial charge >= 0.3 is 0 Å². The zero-order valence-electron chi connectivity index (χ0n) is 8.21. The maximum Gasteiger partial charge on any atom is 0.0990 e. The third-order valence-electron chi connectivity index (χ3n) is 2.06. The van der Waals surface area contributed by atoms with Crippen molar-refractivity contribution >= 4 is 0 Å². The molecule has 1 aliphatic rings. The van der Waals surface area contributed by atoms with Crippen LogP contribution in [0.15, 0.2) is 0 Å². The molecule has 1 atom stereocenters. The molecule has 4 heteroatoms. The summed E-state index contributed by atoms with van der Waals surface area (Å²) in [6.07, 6.45) is 0.374. The molecule has 1 N–H and O–H groups in total. The maximum atomic E-state index is 5.40. The van der Waals surface area contributed by atoms with Crippen molar-refractivity contribution in [2.24, 2.45) is 0 Å². The van der Waals surface area contributed by atoms with Gasteiger partial charge in [-0.05, 0) is 14.1 Å². The number of ether oxygens (including phenoxy) is 1. The summed E-state index contributed by atoms with van der Waals surface area (Å²) in [5.74, 6) is 0. The van der Waals surface area contributed by atoms with Gasteiger partial charge in [0.1, 0.15) is 0 Å². The Labute approximate surface area is 74.4 Å². The minimum atomic E-state index is 0.374. The summed E-state index contributed by atoms with van der Waals surface area (Å²) in [6, 6.07) is 0. The van der Waals surface area contributed by atoms with E-state index in [9.17, 15) is 0 Å². The van der Waals surface area contributed by atoms with Crippen LogP contribution in [0.3, 0.4) is 0 Å². The van der Waals surface area contributed by atoms with E-state index in [1.807, 2.05) is 0 Å². The molecule has 1 heterocycles. The zero-order chi connectivity index (χ0) is 8.97. The van der Waals surface area contributed by atoms with Gasteiger partial charge in [0, 0.05) is 13.1 Å². The molecule has 1 aliphatic heterocycles. The van der Waals surface area contributed by atoms with Crippen molar-refractivity contribution < 1.29 is 4.74 Å². The first kappa shape index (κ1) is 9.92. The SMILES string of the molecule is CCNN1CCOCC1N(C)C. The lowest BCUT2D eigenvalue weighted by Crippen LogP contribution is -2.58. The predicted octanol–water partition coefficient (Wildman–Crippen LogP) is -0.269. The van der Waals surface area contributed by atoms with Crippen LogP contribution in [0, 0.1) is 0 Å². The van der Waals surface area contributed by atoms with Crippen molar-refractivity contribution in [3.63, 3.8) is 0 Å². The molecule has 0 spiro atoms. The molecule has 0 saturated carbocycles. The van der Waals surface area contributed by atoms with Crippen molar-refractivity contribution in [3.05, 3.63) is 0 Å². The molecule has 0 radical (unpaired) electrons. The molecule has 0 amide bonds. The van der Waals surface area contributed by atoms with E-state index < -0.39 is 0 Å². The molecule has 72 valence electrons. The van der Waals surface area contributed by atoms with Crippen LogP contribution in [0.2, 0.25) is 0 Å². The number of hydrogen-bond donors (Lipinski definition) is 1. The molecule has 1 unspecified atom stereocenters. The number of rotatable bonds is 3. The lowest BCUT2D eigenvalue weighted by atomic mass is 10.4. The largest absolute Gasteiger partial charge is 0.377 e. The summed E-state index contributed by atoms with van der Waals surface area (Å²) >= 11 is 0. The first-order chi connectivity index (χ1) is 5.75. The fraction of sp³-hybridized carbons (Fsp3) is 1.00. The Hall–Kier alpha value is -0.160. The van der Waals surface area contributed by atoms with E-state index in [0.29, 0.717) is 6.17 Å². The van der Waals surface area contributed by atoms with Crippen LogP contribution in [-0.4, -0.2) is 56.5 Å². The van der Waals surface area contributed by atoms with Gasteiger partial charge in [-0.15, -0.1) is 0 Å². The van der Waals surface area contributed by atoms with Gasteiger partial charge < -0.3 is 4.74 Å². The van der Waals surface area contributed by atoms with Crippen LogP contribution in [0.1, 0.15) is 6.92 Å². The standard InChI is InChI=1S/C8H19N3O/c1-4-9-11-5-6-12-7-8(11)10(2)3/h8-9H,4-7H2,1-3H3. The molecule has 0 bridgehead atoms. The molecule has 12 heavy (non-hydrogen) atoms. The van der Waals surface area contributed by atoms with E-state index in [0.717, 1.165) is 26.3 Å². The van der Waals surface area contributed by atoms with Gasteiger partial charge in [0.15, 0.2) is 0 Å². The minimum Gasteiger partial charge on any atom is -0.377 e. The first-order valence-corrected chi connectivity index (χ1v) is 4.50. The molecule has 0 aliphatic carbocycles. The van der Waals surface area contributed by atoms with Crippen LogP contribution in [-0.2, 0) is 4.74 Å². The summed E-state index contributed by atoms with van der Waals surface area (Å²) in [7, 11) is 4.15. The average Bonchev–Trinajstić information content (AvgIpc) is 2.05. The number of hydrazine groups is 1. The second kappa shape index (κ2) is 4.77. The number of morpholine rings is 1. The van der Waals surface area contributed by atoms with Gasteiger partial charge in [-0.3, -0.25) is 10.3 Å². The van der Waals surface area contributed by atoms with Crippen molar-refractivity contribution in [2.45, 2.75) is 13.1 Å². The van der Waals surface area contributed by atoms with E-state index in [1.165, 1.54) is 0 Å². The molecule has 4 nitrogen and oxygen atoms in total. The molecular weight excluding hydrogens is 154 g/mol. The highest BCUT2D eigenvalue weighted by Gasteiger charge is 2.23. The topological polar surface area (TPSA) is 27.7 Å². The maximum absolute atomic E-state index is 5.40. The summed E-state index contributed by atoms with van der Waals surface area (Å²) < 4.78 is 5.40. The third-order valence-corrected chi connectivity index (χ3v) is 2.06. The average molecular weight is 173 g/mol. The Balaban J connectivity index is 2.42. The summed E-state index contributed by atoms with van der Waals surface area (Å²) in [5, 5.41) is 2.24. The van der Waals surface area contributed by atoms with Gasteiger partial charge in [0.2, 0.25) is 0 Å². The van der Waals surface area contributed by atoms with E-state index in [-0.39, 0.29) is 0 Å². The van der Waals surface area contributed by atoms with Crippen molar-refractivity contribution in [1.82, 2.24) is 15.3 Å². The molecule has 0 aromatic heterocycles. The summed E-state index contributed by atoms with van der Waals surface area (Å²) in [6.45, 7) is 5.68.